The number of hydrogen-bond acceptors (Lipinski definition) is 4. The maximum absolute atomic E-state index is 13.0. The molecule has 0 radical (unpaired) electrons. The number of nitrogens with zero attached hydrogens (tertiary/aromatic N) is 3. The summed E-state index contributed by atoms with van der Waals surface area (Å²) in [7, 11) is -4.12. The lowest BCUT2D eigenvalue weighted by Crippen LogP contribution is -2.12. The number of sulfone groups is 1. The van der Waals surface area contributed by atoms with Crippen molar-refractivity contribution in [1.82, 2.24) is 14.4 Å². The Kier molecular flexibility index (Phi) is 4.64. The molecular formula is C16H11F6N3O2S. The van der Waals surface area contributed by atoms with Crippen LogP contribution in [0.2, 0.25) is 0 Å². The third-order valence-corrected chi connectivity index (χ3v) is 5.67. The van der Waals surface area contributed by atoms with E-state index >= 15 is 0 Å². The van der Waals surface area contributed by atoms with Crippen LogP contribution in [-0.4, -0.2) is 28.5 Å². The summed E-state index contributed by atoms with van der Waals surface area (Å²) in [5.74, 6) is -0.491. The van der Waals surface area contributed by atoms with Gasteiger partial charge in [-0.25, -0.2) is 13.4 Å². The quantitative estimate of drug-likeness (QED) is 0.592. The zero-order valence-electron chi connectivity index (χ0n) is 14.0. The van der Waals surface area contributed by atoms with Gasteiger partial charge in [-0.15, -0.1) is 0 Å². The Labute approximate surface area is 154 Å². The zero-order valence-corrected chi connectivity index (χ0v) is 14.8. The van der Waals surface area contributed by atoms with E-state index in [1.54, 1.807) is 0 Å². The Morgan fingerprint density at radius 2 is 1.68 bits per heavy atom. The van der Waals surface area contributed by atoms with E-state index in [1.165, 1.54) is 17.5 Å². The van der Waals surface area contributed by atoms with Crippen LogP contribution >= 0.6 is 0 Å². The fourth-order valence-corrected chi connectivity index (χ4v) is 3.53. The summed E-state index contributed by atoms with van der Waals surface area (Å²) in [5, 5.41) is 0. The Bertz CT molecular complexity index is 1150. The Morgan fingerprint density at radius 3 is 2.25 bits per heavy atom. The van der Waals surface area contributed by atoms with Crippen molar-refractivity contribution in [3.63, 3.8) is 0 Å². The van der Waals surface area contributed by atoms with Gasteiger partial charge >= 0.3 is 12.4 Å². The summed E-state index contributed by atoms with van der Waals surface area (Å²) in [4.78, 5) is 6.82. The number of hydrogen-bond donors (Lipinski definition) is 0. The highest BCUT2D eigenvalue weighted by molar-refractivity contribution is 7.91. The van der Waals surface area contributed by atoms with Crippen LogP contribution in [0.4, 0.5) is 26.3 Å². The molecule has 3 aromatic rings. The van der Waals surface area contributed by atoms with E-state index in [-0.39, 0.29) is 17.0 Å². The molecule has 0 atom stereocenters. The molecule has 0 unspecified atom stereocenters. The summed E-state index contributed by atoms with van der Waals surface area (Å²) < 4.78 is 103. The molecule has 0 saturated heterocycles. The van der Waals surface area contributed by atoms with Crippen LogP contribution < -0.4 is 0 Å². The first-order valence-corrected chi connectivity index (χ1v) is 9.34. The van der Waals surface area contributed by atoms with Crippen molar-refractivity contribution < 1.29 is 34.8 Å². The molecule has 3 aromatic heterocycles. The van der Waals surface area contributed by atoms with Gasteiger partial charge in [0.05, 0.1) is 21.8 Å². The Hall–Kier alpha value is -2.63. The lowest BCUT2D eigenvalue weighted by molar-refractivity contribution is -0.138. The van der Waals surface area contributed by atoms with Crippen LogP contribution in [0, 0.1) is 0 Å². The van der Waals surface area contributed by atoms with E-state index in [0.717, 1.165) is 18.3 Å². The summed E-state index contributed by atoms with van der Waals surface area (Å²) in [6, 6.07) is 1.98. The first-order valence-electron chi connectivity index (χ1n) is 7.69. The molecule has 12 heteroatoms. The number of halogens is 6. The van der Waals surface area contributed by atoms with Crippen molar-refractivity contribution in [2.24, 2.45) is 0 Å². The fourth-order valence-electron chi connectivity index (χ4n) is 2.46. The smallest absolute Gasteiger partial charge is 0.306 e. The molecule has 0 N–H and O–H groups in total. The summed E-state index contributed by atoms with van der Waals surface area (Å²) in [6.45, 7) is 1.25. The highest BCUT2D eigenvalue weighted by atomic mass is 32.2. The molecule has 0 aliphatic rings. The van der Waals surface area contributed by atoms with E-state index < -0.39 is 44.0 Å². The third kappa shape index (κ3) is 3.68. The summed E-state index contributed by atoms with van der Waals surface area (Å²) in [6.07, 6.45) is -6.72. The second-order valence-corrected chi connectivity index (χ2v) is 8.02. The van der Waals surface area contributed by atoms with Crippen molar-refractivity contribution in [3.05, 3.63) is 47.9 Å². The molecule has 0 bridgehead atoms. The van der Waals surface area contributed by atoms with Gasteiger partial charge in [0, 0.05) is 18.6 Å². The number of fused-ring (bicyclic) bond motifs is 1. The van der Waals surface area contributed by atoms with Gasteiger partial charge in [0.1, 0.15) is 17.0 Å². The number of alkyl halides is 6. The molecule has 0 fully saturated rings. The standard InChI is InChI=1S/C16H11F6N3O2S/c1-2-28(26,27)12-5-10(16(20,21)22)7-23-14(12)11-8-25-4-3-9(15(17,18)19)6-13(25)24-11/h3-8H,2H2,1H3. The molecule has 0 spiro atoms. The maximum Gasteiger partial charge on any atom is 0.417 e. The highest BCUT2D eigenvalue weighted by Crippen LogP contribution is 2.35. The van der Waals surface area contributed by atoms with Crippen molar-refractivity contribution in [1.29, 1.82) is 0 Å². The molecule has 150 valence electrons. The van der Waals surface area contributed by atoms with Gasteiger partial charge < -0.3 is 4.40 Å². The third-order valence-electron chi connectivity index (χ3n) is 3.93. The van der Waals surface area contributed by atoms with Crippen LogP contribution in [0.1, 0.15) is 18.1 Å². The lowest BCUT2D eigenvalue weighted by Gasteiger charge is -2.11. The van der Waals surface area contributed by atoms with E-state index in [1.807, 2.05) is 0 Å². The van der Waals surface area contributed by atoms with Gasteiger partial charge in [0.25, 0.3) is 0 Å². The predicted octanol–water partition coefficient (Wildman–Crippen LogP) is 4.23. The van der Waals surface area contributed by atoms with Crippen molar-refractivity contribution in [2.45, 2.75) is 24.2 Å². The molecular weight excluding hydrogens is 412 g/mol. The molecule has 3 rings (SSSR count). The Balaban J connectivity index is 2.23. The fraction of sp³-hybridized carbons (Fsp3) is 0.250. The number of aromatic nitrogens is 3. The molecule has 0 aromatic carbocycles. The topological polar surface area (TPSA) is 64.3 Å². The van der Waals surface area contributed by atoms with Crippen LogP contribution in [0.15, 0.2) is 41.7 Å². The highest BCUT2D eigenvalue weighted by Gasteiger charge is 2.34. The minimum atomic E-state index is -4.82. The van der Waals surface area contributed by atoms with Crippen molar-refractivity contribution in [2.75, 3.05) is 5.75 Å². The number of rotatable bonds is 3. The van der Waals surface area contributed by atoms with E-state index in [9.17, 15) is 34.8 Å². The second kappa shape index (κ2) is 6.47. The van der Waals surface area contributed by atoms with Crippen LogP contribution in [-0.2, 0) is 22.2 Å². The van der Waals surface area contributed by atoms with Gasteiger partial charge in [-0.3, -0.25) is 4.98 Å². The van der Waals surface area contributed by atoms with Gasteiger partial charge in [0.2, 0.25) is 0 Å². The first kappa shape index (κ1) is 20.1. The molecule has 28 heavy (non-hydrogen) atoms. The van der Waals surface area contributed by atoms with Gasteiger partial charge in [-0.2, -0.15) is 26.3 Å². The normalized spacial score (nSPS) is 13.2. The van der Waals surface area contributed by atoms with Crippen molar-refractivity contribution in [3.8, 4) is 11.4 Å². The molecule has 0 saturated carbocycles. The minimum absolute atomic E-state index is 0.161. The van der Waals surface area contributed by atoms with Crippen LogP contribution in [0.3, 0.4) is 0 Å². The molecule has 5 nitrogen and oxygen atoms in total. The van der Waals surface area contributed by atoms with Crippen LogP contribution in [0.5, 0.6) is 0 Å². The molecule has 3 heterocycles. The lowest BCUT2D eigenvalue weighted by atomic mass is 10.2. The van der Waals surface area contributed by atoms with Gasteiger partial charge in [0.15, 0.2) is 9.84 Å². The maximum atomic E-state index is 13.0. The summed E-state index contributed by atoms with van der Waals surface area (Å²) >= 11 is 0. The Morgan fingerprint density at radius 1 is 1.04 bits per heavy atom. The predicted molar refractivity (Wildman–Crippen MR) is 86.2 cm³/mol. The molecule has 0 aliphatic carbocycles. The first-order chi connectivity index (χ1) is 12.8. The van der Waals surface area contributed by atoms with E-state index in [2.05, 4.69) is 9.97 Å². The van der Waals surface area contributed by atoms with Gasteiger partial charge in [-0.05, 0) is 18.2 Å². The van der Waals surface area contributed by atoms with Gasteiger partial charge in [-0.1, -0.05) is 6.92 Å². The second-order valence-electron chi connectivity index (χ2n) is 5.78. The largest absolute Gasteiger partial charge is 0.417 e. The minimum Gasteiger partial charge on any atom is -0.306 e. The molecule has 0 amide bonds. The van der Waals surface area contributed by atoms with E-state index in [4.69, 9.17) is 0 Å². The van der Waals surface area contributed by atoms with Crippen molar-refractivity contribution >= 4 is 15.5 Å². The van der Waals surface area contributed by atoms with Crippen LogP contribution in [0.25, 0.3) is 17.0 Å². The van der Waals surface area contributed by atoms with E-state index in [0.29, 0.717) is 12.3 Å². The number of pyridine rings is 2. The number of imidazole rings is 1. The SMILES string of the molecule is CCS(=O)(=O)c1cc(C(F)(F)F)cnc1-c1cn2ccc(C(F)(F)F)cc2n1. The average molecular weight is 423 g/mol. The average Bonchev–Trinajstić information content (AvgIpc) is 3.02. The molecule has 0 aliphatic heterocycles. The zero-order chi connectivity index (χ0) is 20.9. The summed E-state index contributed by atoms with van der Waals surface area (Å²) in [5.41, 5.74) is -2.93. The monoisotopic (exact) mass is 423 g/mol.